The highest BCUT2D eigenvalue weighted by Crippen LogP contribution is 2.51. The maximum absolute atomic E-state index is 12.0. The first-order valence-corrected chi connectivity index (χ1v) is 5.46. The number of carbonyl (C=O) groups is 2. The van der Waals surface area contributed by atoms with Crippen LogP contribution in [0.2, 0.25) is 0 Å². The average molecular weight is 222 g/mol. The zero-order chi connectivity index (χ0) is 11.5. The van der Waals surface area contributed by atoms with Crippen molar-refractivity contribution in [1.29, 1.82) is 0 Å². The number of carbonyl (C=O) groups excluding carboxylic acids is 2. The van der Waals surface area contributed by atoms with Gasteiger partial charge < -0.3 is 19.5 Å². The van der Waals surface area contributed by atoms with Gasteiger partial charge in [-0.1, -0.05) is 12.2 Å². The van der Waals surface area contributed by atoms with Crippen LogP contribution >= 0.6 is 0 Å². The molecular weight excluding hydrogens is 210 g/mol. The van der Waals surface area contributed by atoms with Crippen LogP contribution in [0.25, 0.3) is 0 Å². The van der Waals surface area contributed by atoms with Crippen molar-refractivity contribution in [2.75, 3.05) is 13.1 Å². The summed E-state index contributed by atoms with van der Waals surface area (Å²) >= 11 is 0. The van der Waals surface area contributed by atoms with E-state index in [4.69, 9.17) is 4.74 Å². The summed E-state index contributed by atoms with van der Waals surface area (Å²) in [7, 11) is 0. The Bertz CT molecular complexity index is 405. The molecule has 0 aromatic heterocycles. The highest BCUT2D eigenvalue weighted by Gasteiger charge is 2.64. The van der Waals surface area contributed by atoms with Crippen LogP contribution in [0, 0.1) is 11.8 Å². The number of ether oxygens (including phenoxy) is 1. The molecule has 2 saturated heterocycles. The summed E-state index contributed by atoms with van der Waals surface area (Å²) in [4.78, 5) is 24.8. The average Bonchev–Trinajstić information content (AvgIpc) is 2.86. The monoisotopic (exact) mass is 222 g/mol. The van der Waals surface area contributed by atoms with Crippen molar-refractivity contribution in [3.8, 4) is 0 Å². The summed E-state index contributed by atoms with van der Waals surface area (Å²) in [5.74, 6) is -2.72. The normalized spacial score (nSPS) is 44.2. The molecule has 2 bridgehead atoms. The first kappa shape index (κ1) is 9.84. The molecule has 16 heavy (non-hydrogen) atoms. The highest BCUT2D eigenvalue weighted by atomic mass is 16.5. The molecule has 5 nitrogen and oxygen atoms in total. The first-order valence-electron chi connectivity index (χ1n) is 5.46. The van der Waals surface area contributed by atoms with E-state index >= 15 is 0 Å². The molecule has 3 aliphatic heterocycles. The minimum atomic E-state index is -1.19. The van der Waals surface area contributed by atoms with Crippen LogP contribution in [-0.2, 0) is 14.3 Å². The van der Waals surface area contributed by atoms with Gasteiger partial charge in [-0.25, -0.2) is 0 Å². The number of rotatable bonds is 2. The quantitative estimate of drug-likeness (QED) is 0.535. The van der Waals surface area contributed by atoms with Crippen molar-refractivity contribution in [1.82, 2.24) is 4.90 Å². The largest absolute Gasteiger partial charge is 0.550 e. The lowest BCUT2D eigenvalue weighted by atomic mass is 9.77. The zero-order valence-electron chi connectivity index (χ0n) is 8.88. The summed E-state index contributed by atoms with van der Waals surface area (Å²) in [6.45, 7) is 2.92. The molecule has 2 fully saturated rings. The molecule has 3 rings (SSSR count). The Hall–Kier alpha value is -1.36. The van der Waals surface area contributed by atoms with E-state index in [1.807, 2.05) is 13.0 Å². The standard InChI is InChI=1S/C11H13NO4/c1-2-12-5-11-4-3-6(16-11)7(10(14)15)8(11)9(12)13/h3-4,6-8H,2,5H2,1H3,(H,14,15)/p-1/t6-,7-,8+,11+/m0/s1. The third-order valence-corrected chi connectivity index (χ3v) is 3.83. The first-order chi connectivity index (χ1) is 7.59. The molecule has 3 heterocycles. The molecule has 0 aromatic carbocycles. The second kappa shape index (κ2) is 2.85. The number of nitrogens with zero attached hydrogens (tertiary/aromatic N) is 1. The third kappa shape index (κ3) is 0.942. The summed E-state index contributed by atoms with van der Waals surface area (Å²) in [5, 5.41) is 11.1. The van der Waals surface area contributed by atoms with Crippen molar-refractivity contribution in [2.24, 2.45) is 11.8 Å². The van der Waals surface area contributed by atoms with Crippen LogP contribution < -0.4 is 5.11 Å². The highest BCUT2D eigenvalue weighted by molar-refractivity contribution is 5.90. The number of carboxylic acid groups (broad SMARTS) is 1. The summed E-state index contributed by atoms with van der Waals surface area (Å²) in [6, 6.07) is 0. The molecule has 0 unspecified atom stereocenters. The molecular formula is C11H12NO4-. The molecule has 1 spiro atoms. The van der Waals surface area contributed by atoms with Gasteiger partial charge >= 0.3 is 0 Å². The molecule has 5 heteroatoms. The van der Waals surface area contributed by atoms with Crippen molar-refractivity contribution >= 4 is 11.9 Å². The fourth-order valence-electron chi connectivity index (χ4n) is 3.11. The minimum absolute atomic E-state index is 0.122. The maximum Gasteiger partial charge on any atom is 0.229 e. The molecule has 0 radical (unpaired) electrons. The second-order valence-electron chi connectivity index (χ2n) is 4.57. The predicted molar refractivity (Wildman–Crippen MR) is 51.0 cm³/mol. The Morgan fingerprint density at radius 1 is 1.75 bits per heavy atom. The number of aliphatic carboxylic acids is 1. The van der Waals surface area contributed by atoms with Gasteiger partial charge in [0.05, 0.1) is 18.6 Å². The molecule has 4 atom stereocenters. The molecule has 86 valence electrons. The van der Waals surface area contributed by atoms with E-state index in [-0.39, 0.29) is 5.91 Å². The topological polar surface area (TPSA) is 69.7 Å². The molecule has 0 saturated carbocycles. The van der Waals surface area contributed by atoms with Gasteiger partial charge in [0.25, 0.3) is 0 Å². The number of likely N-dealkylation sites (N-methyl/N-ethyl adjacent to an activating group) is 1. The number of hydrogen-bond acceptors (Lipinski definition) is 4. The van der Waals surface area contributed by atoms with E-state index < -0.39 is 29.5 Å². The van der Waals surface area contributed by atoms with Gasteiger partial charge in [-0.15, -0.1) is 0 Å². The Morgan fingerprint density at radius 2 is 2.50 bits per heavy atom. The van der Waals surface area contributed by atoms with E-state index in [1.54, 1.807) is 11.0 Å². The fraction of sp³-hybridized carbons (Fsp3) is 0.636. The van der Waals surface area contributed by atoms with Gasteiger partial charge in [0.2, 0.25) is 5.91 Å². The molecule has 1 amide bonds. The smallest absolute Gasteiger partial charge is 0.229 e. The lowest BCUT2D eigenvalue weighted by Crippen LogP contribution is -2.45. The zero-order valence-corrected chi connectivity index (χ0v) is 8.88. The molecule has 0 N–H and O–H groups in total. The SMILES string of the molecule is CCN1C[C@@]23C=C[C@H](O2)[C@H](C(=O)[O-])[C@@H]3C1=O. The molecule has 0 aromatic rings. The van der Waals surface area contributed by atoms with Crippen LogP contribution in [0.15, 0.2) is 12.2 Å². The Morgan fingerprint density at radius 3 is 3.12 bits per heavy atom. The lowest BCUT2D eigenvalue weighted by Gasteiger charge is -2.24. The fourth-order valence-corrected chi connectivity index (χ4v) is 3.11. The van der Waals surface area contributed by atoms with Gasteiger partial charge in [-0.2, -0.15) is 0 Å². The minimum Gasteiger partial charge on any atom is -0.550 e. The van der Waals surface area contributed by atoms with Crippen molar-refractivity contribution in [2.45, 2.75) is 18.6 Å². The Kier molecular flexibility index (Phi) is 1.75. The number of fused-ring (bicyclic) bond motifs is 1. The van der Waals surface area contributed by atoms with Crippen LogP contribution in [-0.4, -0.2) is 41.6 Å². The molecule has 3 aliphatic rings. The van der Waals surface area contributed by atoms with Gasteiger partial charge in [-0.3, -0.25) is 4.79 Å². The second-order valence-corrected chi connectivity index (χ2v) is 4.57. The van der Waals surface area contributed by atoms with Crippen molar-refractivity contribution in [3.63, 3.8) is 0 Å². The van der Waals surface area contributed by atoms with Gasteiger partial charge in [0, 0.05) is 18.4 Å². The van der Waals surface area contributed by atoms with E-state index in [0.29, 0.717) is 13.1 Å². The van der Waals surface area contributed by atoms with Gasteiger partial charge in [-0.05, 0) is 6.92 Å². The van der Waals surface area contributed by atoms with Crippen LogP contribution in [0.5, 0.6) is 0 Å². The predicted octanol–water partition coefficient (Wildman–Crippen LogP) is -1.46. The maximum atomic E-state index is 12.0. The van der Waals surface area contributed by atoms with Crippen molar-refractivity contribution < 1.29 is 19.4 Å². The Balaban J connectivity index is 2.03. The van der Waals surface area contributed by atoms with Crippen molar-refractivity contribution in [3.05, 3.63) is 12.2 Å². The van der Waals surface area contributed by atoms with Gasteiger partial charge in [0.1, 0.15) is 5.60 Å². The molecule has 0 aliphatic carbocycles. The van der Waals surface area contributed by atoms with Gasteiger partial charge in [0.15, 0.2) is 0 Å². The lowest BCUT2D eigenvalue weighted by molar-refractivity contribution is -0.313. The van der Waals surface area contributed by atoms with E-state index in [2.05, 4.69) is 0 Å². The number of amides is 1. The van der Waals surface area contributed by atoms with Crippen LogP contribution in [0.3, 0.4) is 0 Å². The Labute approximate surface area is 92.7 Å². The summed E-state index contributed by atoms with van der Waals surface area (Å²) in [5.41, 5.74) is -0.706. The van der Waals surface area contributed by atoms with Crippen LogP contribution in [0.1, 0.15) is 6.92 Å². The number of likely N-dealkylation sites (tertiary alicyclic amines) is 1. The number of carboxylic acids is 1. The number of hydrogen-bond donors (Lipinski definition) is 0. The van der Waals surface area contributed by atoms with E-state index in [1.165, 1.54) is 0 Å². The van der Waals surface area contributed by atoms with E-state index in [9.17, 15) is 14.7 Å². The van der Waals surface area contributed by atoms with E-state index in [0.717, 1.165) is 0 Å². The third-order valence-electron chi connectivity index (χ3n) is 3.83. The summed E-state index contributed by atoms with van der Waals surface area (Å²) < 4.78 is 5.67. The summed E-state index contributed by atoms with van der Waals surface area (Å²) in [6.07, 6.45) is 3.09. The van der Waals surface area contributed by atoms with Crippen LogP contribution in [0.4, 0.5) is 0 Å².